The molecule has 1 rings (SSSR count). The monoisotopic (exact) mass is 257 g/mol. The average molecular weight is 258 g/mol. The average Bonchev–Trinajstić information content (AvgIpc) is 2.26. The molecule has 0 saturated carbocycles. The molecule has 0 radical (unpaired) electrons. The van der Waals surface area contributed by atoms with Gasteiger partial charge in [-0.2, -0.15) is 0 Å². The van der Waals surface area contributed by atoms with Gasteiger partial charge >= 0.3 is 0 Å². The maximum absolute atomic E-state index is 6.21. The fraction of sp³-hybridized carbons (Fsp3) is 0.538. The van der Waals surface area contributed by atoms with Gasteiger partial charge in [0.25, 0.3) is 0 Å². The normalized spacial score (nSPS) is 12.8. The molecule has 0 aliphatic carbocycles. The third kappa shape index (κ3) is 4.36. The number of unbranched alkanes of at least 4 members (excludes halogenated alkanes) is 2. The van der Waals surface area contributed by atoms with E-state index < -0.39 is 0 Å². The van der Waals surface area contributed by atoms with Crippen molar-refractivity contribution in [1.29, 1.82) is 0 Å². The predicted molar refractivity (Wildman–Crippen MR) is 74.3 cm³/mol. The molecular formula is C13H20ClNS. The van der Waals surface area contributed by atoms with Crippen LogP contribution in [0.2, 0.25) is 5.02 Å². The van der Waals surface area contributed by atoms with Crippen LogP contribution in [0, 0.1) is 0 Å². The number of hydrogen-bond donors (Lipinski definition) is 1. The summed E-state index contributed by atoms with van der Waals surface area (Å²) in [4.78, 5) is 1.17. The lowest BCUT2D eigenvalue weighted by atomic mass is 10.1. The van der Waals surface area contributed by atoms with Gasteiger partial charge in [0.1, 0.15) is 0 Å². The fourth-order valence-corrected chi connectivity index (χ4v) is 2.73. The molecule has 90 valence electrons. The van der Waals surface area contributed by atoms with E-state index in [0.717, 1.165) is 16.3 Å². The van der Waals surface area contributed by atoms with Crippen molar-refractivity contribution < 1.29 is 0 Å². The first-order valence-electron chi connectivity index (χ1n) is 5.83. The quantitative estimate of drug-likeness (QED) is 0.593. The van der Waals surface area contributed by atoms with Crippen LogP contribution in [0.3, 0.4) is 0 Å². The van der Waals surface area contributed by atoms with Crippen molar-refractivity contribution in [3.05, 3.63) is 28.8 Å². The number of nitrogens with two attached hydrogens (primary N) is 1. The Morgan fingerprint density at radius 1 is 1.38 bits per heavy atom. The van der Waals surface area contributed by atoms with E-state index in [2.05, 4.69) is 19.1 Å². The Bertz CT molecular complexity index is 326. The third-order valence-corrected chi connectivity index (χ3v) is 4.07. The van der Waals surface area contributed by atoms with E-state index in [1.807, 2.05) is 24.8 Å². The van der Waals surface area contributed by atoms with E-state index in [-0.39, 0.29) is 6.04 Å². The Morgan fingerprint density at radius 3 is 2.69 bits per heavy atom. The molecule has 0 spiro atoms. The van der Waals surface area contributed by atoms with Crippen molar-refractivity contribution in [3.63, 3.8) is 0 Å². The first-order chi connectivity index (χ1) is 7.65. The number of hydrogen-bond acceptors (Lipinski definition) is 2. The SMILES string of the molecule is CCCCCSc1ccc([C@H](C)N)cc1Cl. The van der Waals surface area contributed by atoms with Gasteiger partial charge in [0.15, 0.2) is 0 Å². The second-order valence-electron chi connectivity index (χ2n) is 4.03. The van der Waals surface area contributed by atoms with Crippen molar-refractivity contribution >= 4 is 23.4 Å². The van der Waals surface area contributed by atoms with Crippen LogP contribution in [0.4, 0.5) is 0 Å². The largest absolute Gasteiger partial charge is 0.324 e. The van der Waals surface area contributed by atoms with Gasteiger partial charge in [-0.05, 0) is 36.8 Å². The first-order valence-corrected chi connectivity index (χ1v) is 7.19. The van der Waals surface area contributed by atoms with E-state index in [1.54, 1.807) is 0 Å². The zero-order valence-corrected chi connectivity index (χ0v) is 11.6. The Morgan fingerprint density at radius 2 is 2.12 bits per heavy atom. The van der Waals surface area contributed by atoms with Crippen molar-refractivity contribution in [2.45, 2.75) is 44.0 Å². The molecule has 0 aromatic heterocycles. The lowest BCUT2D eigenvalue weighted by Gasteiger charge is -2.09. The number of thioether (sulfide) groups is 1. The molecule has 16 heavy (non-hydrogen) atoms. The molecular weight excluding hydrogens is 238 g/mol. The number of rotatable bonds is 6. The summed E-state index contributed by atoms with van der Waals surface area (Å²) < 4.78 is 0. The van der Waals surface area contributed by atoms with Gasteiger partial charge in [0.2, 0.25) is 0 Å². The van der Waals surface area contributed by atoms with Crippen LogP contribution in [-0.4, -0.2) is 5.75 Å². The number of halogens is 1. The molecule has 1 aromatic rings. The van der Waals surface area contributed by atoms with Crippen LogP contribution in [0.1, 0.15) is 44.7 Å². The van der Waals surface area contributed by atoms with E-state index in [1.165, 1.54) is 24.2 Å². The lowest BCUT2D eigenvalue weighted by molar-refractivity contribution is 0.778. The summed E-state index contributed by atoms with van der Waals surface area (Å²) in [6, 6.07) is 6.18. The molecule has 1 aromatic carbocycles. The summed E-state index contributed by atoms with van der Waals surface area (Å²) in [5, 5.41) is 0.830. The minimum Gasteiger partial charge on any atom is -0.324 e. The van der Waals surface area contributed by atoms with Crippen molar-refractivity contribution in [3.8, 4) is 0 Å². The van der Waals surface area contributed by atoms with Crippen LogP contribution >= 0.6 is 23.4 Å². The zero-order chi connectivity index (χ0) is 12.0. The van der Waals surface area contributed by atoms with E-state index in [9.17, 15) is 0 Å². The second kappa shape index (κ2) is 7.21. The third-order valence-electron chi connectivity index (χ3n) is 2.49. The van der Waals surface area contributed by atoms with Crippen LogP contribution in [0.15, 0.2) is 23.1 Å². The Labute approximate surface area is 108 Å². The molecule has 0 aliphatic rings. The molecule has 0 unspecified atom stereocenters. The van der Waals surface area contributed by atoms with Gasteiger partial charge < -0.3 is 5.73 Å². The summed E-state index contributed by atoms with van der Waals surface area (Å²) in [6.07, 6.45) is 3.81. The maximum Gasteiger partial charge on any atom is 0.0545 e. The molecule has 0 heterocycles. The summed E-state index contributed by atoms with van der Waals surface area (Å²) in [7, 11) is 0. The van der Waals surface area contributed by atoms with Crippen molar-refractivity contribution in [2.24, 2.45) is 5.73 Å². The van der Waals surface area contributed by atoms with Crippen LogP contribution in [0.5, 0.6) is 0 Å². The Balaban J connectivity index is 2.54. The molecule has 0 bridgehead atoms. The summed E-state index contributed by atoms with van der Waals surface area (Å²) in [6.45, 7) is 4.19. The van der Waals surface area contributed by atoms with Gasteiger partial charge in [-0.15, -0.1) is 11.8 Å². The van der Waals surface area contributed by atoms with Gasteiger partial charge in [-0.3, -0.25) is 0 Å². The molecule has 1 atom stereocenters. The number of benzene rings is 1. The Hall–Kier alpha value is -0.180. The van der Waals surface area contributed by atoms with Crippen LogP contribution < -0.4 is 5.73 Å². The van der Waals surface area contributed by atoms with Crippen molar-refractivity contribution in [1.82, 2.24) is 0 Å². The molecule has 0 fully saturated rings. The molecule has 2 N–H and O–H groups in total. The molecule has 1 nitrogen and oxygen atoms in total. The second-order valence-corrected chi connectivity index (χ2v) is 5.58. The molecule has 0 aliphatic heterocycles. The van der Waals surface area contributed by atoms with Crippen LogP contribution in [0.25, 0.3) is 0 Å². The maximum atomic E-state index is 6.21. The minimum atomic E-state index is 0.0524. The van der Waals surface area contributed by atoms with Crippen LogP contribution in [-0.2, 0) is 0 Å². The summed E-state index contributed by atoms with van der Waals surface area (Å²) in [5.41, 5.74) is 6.91. The lowest BCUT2D eigenvalue weighted by Crippen LogP contribution is -2.04. The van der Waals surface area contributed by atoms with E-state index in [4.69, 9.17) is 17.3 Å². The molecule has 3 heteroatoms. The summed E-state index contributed by atoms with van der Waals surface area (Å²) in [5.74, 6) is 1.14. The highest BCUT2D eigenvalue weighted by molar-refractivity contribution is 7.99. The Kier molecular flexibility index (Phi) is 6.25. The van der Waals surface area contributed by atoms with Gasteiger partial charge in [-0.25, -0.2) is 0 Å². The zero-order valence-electron chi connectivity index (χ0n) is 10.0. The van der Waals surface area contributed by atoms with E-state index >= 15 is 0 Å². The van der Waals surface area contributed by atoms with Gasteiger partial charge in [-0.1, -0.05) is 37.4 Å². The van der Waals surface area contributed by atoms with Gasteiger partial charge in [0.05, 0.1) is 5.02 Å². The minimum absolute atomic E-state index is 0.0524. The highest BCUT2D eigenvalue weighted by Crippen LogP contribution is 2.30. The fourth-order valence-electron chi connectivity index (χ4n) is 1.45. The predicted octanol–water partition coefficient (Wildman–Crippen LogP) is 4.64. The van der Waals surface area contributed by atoms with Crippen molar-refractivity contribution in [2.75, 3.05) is 5.75 Å². The summed E-state index contributed by atoms with van der Waals surface area (Å²) >= 11 is 8.04. The highest BCUT2D eigenvalue weighted by Gasteiger charge is 2.05. The van der Waals surface area contributed by atoms with Gasteiger partial charge in [0, 0.05) is 10.9 Å². The van der Waals surface area contributed by atoms with E-state index in [0.29, 0.717) is 0 Å². The highest BCUT2D eigenvalue weighted by atomic mass is 35.5. The molecule has 0 amide bonds. The standard InChI is InChI=1S/C13H20ClNS/c1-3-4-5-8-16-13-7-6-11(10(2)15)9-12(13)14/h6-7,9-10H,3-5,8,15H2,1-2H3/t10-/m0/s1. The first kappa shape index (κ1) is 13.9. The topological polar surface area (TPSA) is 26.0 Å². The smallest absolute Gasteiger partial charge is 0.0545 e. The molecule has 0 saturated heterocycles.